The molecular formula is C52H88N2O39. The van der Waals surface area contributed by atoms with Crippen molar-refractivity contribution >= 4 is 11.8 Å². The first kappa shape index (κ1) is 76.2. The van der Waals surface area contributed by atoms with Crippen molar-refractivity contribution in [2.75, 3.05) is 39.6 Å². The fourth-order valence-electron chi connectivity index (χ4n) is 12.2. The molecule has 24 N–H and O–H groups in total. The van der Waals surface area contributed by atoms with Crippen molar-refractivity contribution in [3.8, 4) is 0 Å². The molecular weight excluding hydrogens is 1280 g/mol. The smallest absolute Gasteiger partial charge is 0.217 e. The average molecular weight is 1370 g/mol. The van der Waals surface area contributed by atoms with Gasteiger partial charge in [-0.25, -0.2) is 0 Å². The third kappa shape index (κ3) is 16.2. The van der Waals surface area contributed by atoms with Gasteiger partial charge in [-0.2, -0.15) is 0 Å². The molecule has 540 valence electrons. The lowest BCUT2D eigenvalue weighted by atomic mass is 9.93. The molecule has 2 amide bonds. The van der Waals surface area contributed by atoms with Gasteiger partial charge in [0.15, 0.2) is 50.3 Å². The fraction of sp³-hybridized carbons (Fsp3) is 0.962. The molecule has 0 bridgehead atoms. The molecule has 0 aromatic rings. The van der Waals surface area contributed by atoms with Crippen LogP contribution >= 0.6 is 0 Å². The Kier molecular flexibility index (Phi) is 26.7. The van der Waals surface area contributed by atoms with Crippen molar-refractivity contribution in [3.63, 3.8) is 0 Å². The average Bonchev–Trinajstić information content (AvgIpc) is 0.773. The second-order valence-corrected chi connectivity index (χ2v) is 23.8. The highest BCUT2D eigenvalue weighted by Gasteiger charge is 2.61. The van der Waals surface area contributed by atoms with Crippen LogP contribution in [-0.2, 0) is 80.6 Å². The number of hydrogen-bond acceptors (Lipinski definition) is 39. The van der Waals surface area contributed by atoms with Crippen LogP contribution in [0.5, 0.6) is 0 Å². The molecule has 8 heterocycles. The molecule has 0 aliphatic carbocycles. The summed E-state index contributed by atoms with van der Waals surface area (Å²) in [5.41, 5.74) is 0. The molecule has 8 aliphatic heterocycles. The van der Waals surface area contributed by atoms with Crippen LogP contribution in [0.15, 0.2) is 0 Å². The third-order valence-electron chi connectivity index (χ3n) is 17.4. The zero-order chi connectivity index (χ0) is 68.5. The molecule has 93 heavy (non-hydrogen) atoms. The van der Waals surface area contributed by atoms with Gasteiger partial charge in [0, 0.05) is 13.8 Å². The summed E-state index contributed by atoms with van der Waals surface area (Å²) in [5.74, 6) is -1.88. The Balaban J connectivity index is 1.09. The maximum absolute atomic E-state index is 13.4. The molecule has 8 fully saturated rings. The maximum atomic E-state index is 13.4. The van der Waals surface area contributed by atoms with Crippen molar-refractivity contribution < 1.29 is 193 Å². The Morgan fingerprint density at radius 2 is 0.602 bits per heavy atom. The third-order valence-corrected chi connectivity index (χ3v) is 17.4. The molecule has 0 unspecified atom stereocenters. The fourth-order valence-corrected chi connectivity index (χ4v) is 12.2. The zero-order valence-corrected chi connectivity index (χ0v) is 50.1. The van der Waals surface area contributed by atoms with Crippen LogP contribution in [0.4, 0.5) is 0 Å². The van der Waals surface area contributed by atoms with E-state index in [4.69, 9.17) is 71.1 Å². The molecule has 8 saturated heterocycles. The van der Waals surface area contributed by atoms with E-state index in [0.717, 1.165) is 13.8 Å². The summed E-state index contributed by atoms with van der Waals surface area (Å²) < 4.78 is 88.1. The molecule has 0 radical (unpaired) electrons. The Morgan fingerprint density at radius 1 is 0.280 bits per heavy atom. The van der Waals surface area contributed by atoms with Crippen LogP contribution in [0.1, 0.15) is 27.7 Å². The first-order valence-corrected chi connectivity index (χ1v) is 29.9. The highest BCUT2D eigenvalue weighted by atomic mass is 16.8. The van der Waals surface area contributed by atoms with Gasteiger partial charge in [-0.1, -0.05) is 0 Å². The van der Waals surface area contributed by atoms with Crippen LogP contribution in [-0.4, -0.2) is 409 Å². The number of ether oxygens (including phenoxy) is 15. The van der Waals surface area contributed by atoms with Crippen molar-refractivity contribution in [1.82, 2.24) is 10.6 Å². The van der Waals surface area contributed by atoms with Crippen LogP contribution < -0.4 is 10.6 Å². The van der Waals surface area contributed by atoms with Gasteiger partial charge in [-0.15, -0.1) is 0 Å². The van der Waals surface area contributed by atoms with E-state index in [2.05, 4.69) is 10.6 Å². The van der Waals surface area contributed by atoms with E-state index >= 15 is 0 Å². The van der Waals surface area contributed by atoms with Gasteiger partial charge in [0.05, 0.1) is 51.8 Å². The van der Waals surface area contributed by atoms with Gasteiger partial charge < -0.3 is 194 Å². The van der Waals surface area contributed by atoms with Gasteiger partial charge in [-0.3, -0.25) is 9.59 Å². The van der Waals surface area contributed by atoms with E-state index in [1.807, 2.05) is 0 Å². The van der Waals surface area contributed by atoms with Crippen molar-refractivity contribution in [3.05, 3.63) is 0 Å². The lowest BCUT2D eigenvalue weighted by Crippen LogP contribution is -2.72. The maximum Gasteiger partial charge on any atom is 0.217 e. The van der Waals surface area contributed by atoms with E-state index in [-0.39, 0.29) is 0 Å². The Hall–Kier alpha value is -2.54. The quantitative estimate of drug-likeness (QED) is 0.0479. The standard InChI is InChI=1S/C52H88N2O39/c1-11-23(63)29(69)34(74)48(79-11)89-40-20(10-60)86-47(22(54-14(4)62)41(40)90-52-44(31(71)25(65)15(5-55)84-52)93-49-35(75)30(70)24(64)12(2)80-49)92-43-27(67)17(7-57)82-50(37(43)77)87-38-19(9-59)85-46(21(28(38)68)53-13(3)61)91-42-26(66)16(6-56)83-51(36(42)76)88-39-18(8-58)81-45(78)33(73)32(39)72/h11-12,15-52,55-60,63-78H,5-10H2,1-4H3,(H,53,61)(H,54,62)/t11-,12-,15+,16+,17+,18+,19+,20+,21+,22+,23+,24+,25-,26-,27-,28+,29+,30+,31-,32+,33+,34-,35-,36+,37+,38+,39+,40+,41+,42-,43-,44+,45+,46-,47-,48-,49-,50-,51-,52-/m0/s1. The minimum atomic E-state index is -2.38. The number of carbonyl (C=O) groups is 2. The molecule has 40 atom stereocenters. The molecule has 41 heteroatoms. The predicted octanol–water partition coefficient (Wildman–Crippen LogP) is -16.1. The zero-order valence-electron chi connectivity index (χ0n) is 50.1. The Morgan fingerprint density at radius 3 is 1.05 bits per heavy atom. The number of aliphatic hydroxyl groups is 22. The lowest BCUT2D eigenvalue weighted by Gasteiger charge is -2.52. The van der Waals surface area contributed by atoms with Gasteiger partial charge in [0.1, 0.15) is 183 Å². The highest BCUT2D eigenvalue weighted by molar-refractivity contribution is 5.73. The van der Waals surface area contributed by atoms with E-state index in [1.165, 1.54) is 13.8 Å². The van der Waals surface area contributed by atoms with Crippen molar-refractivity contribution in [1.29, 1.82) is 0 Å². The normalized spacial score (nSPS) is 51.6. The molecule has 0 saturated carbocycles. The summed E-state index contributed by atoms with van der Waals surface area (Å²) in [7, 11) is 0. The molecule has 8 aliphatic rings. The van der Waals surface area contributed by atoms with E-state index in [1.54, 1.807) is 0 Å². The summed E-state index contributed by atoms with van der Waals surface area (Å²) in [6.07, 6.45) is -74.6. The van der Waals surface area contributed by atoms with Crippen LogP contribution in [0.2, 0.25) is 0 Å². The van der Waals surface area contributed by atoms with Crippen molar-refractivity contribution in [2.24, 2.45) is 0 Å². The number of amides is 2. The summed E-state index contributed by atoms with van der Waals surface area (Å²) in [6, 6.07) is -3.86. The second-order valence-electron chi connectivity index (χ2n) is 23.8. The van der Waals surface area contributed by atoms with Crippen LogP contribution in [0.25, 0.3) is 0 Å². The monoisotopic (exact) mass is 1360 g/mol. The summed E-state index contributed by atoms with van der Waals surface area (Å²) in [6.45, 7) is -1.95. The van der Waals surface area contributed by atoms with Crippen LogP contribution in [0.3, 0.4) is 0 Å². The number of carbonyl (C=O) groups excluding carboxylic acids is 2. The lowest BCUT2D eigenvalue weighted by molar-refractivity contribution is -0.401. The molecule has 8 rings (SSSR count). The van der Waals surface area contributed by atoms with Gasteiger partial charge >= 0.3 is 0 Å². The minimum absolute atomic E-state index is 0.911. The number of rotatable bonds is 22. The molecule has 41 nitrogen and oxygen atoms in total. The predicted molar refractivity (Wildman–Crippen MR) is 285 cm³/mol. The summed E-state index contributed by atoms with van der Waals surface area (Å²) in [4.78, 5) is 26.2. The summed E-state index contributed by atoms with van der Waals surface area (Å²) >= 11 is 0. The highest BCUT2D eigenvalue weighted by Crippen LogP contribution is 2.40. The number of hydrogen-bond donors (Lipinski definition) is 24. The van der Waals surface area contributed by atoms with Crippen LogP contribution in [0, 0.1) is 0 Å². The minimum Gasteiger partial charge on any atom is -0.394 e. The van der Waals surface area contributed by atoms with E-state index in [0.29, 0.717) is 0 Å². The molecule has 0 aromatic carbocycles. The van der Waals surface area contributed by atoms with Gasteiger partial charge in [0.2, 0.25) is 11.8 Å². The van der Waals surface area contributed by atoms with E-state index < -0.39 is 297 Å². The van der Waals surface area contributed by atoms with E-state index in [9.17, 15) is 122 Å². The second kappa shape index (κ2) is 32.6. The van der Waals surface area contributed by atoms with Crippen molar-refractivity contribution in [2.45, 2.75) is 273 Å². The largest absolute Gasteiger partial charge is 0.394 e. The number of aliphatic hydroxyl groups excluding tert-OH is 22. The van der Waals surface area contributed by atoms with Gasteiger partial charge in [-0.05, 0) is 13.8 Å². The SMILES string of the molecule is CC(=O)N[C@H]1[C@H](O[C@H]2[C@@H](O)[C@@H](CO)O[C@@H](O[C@H]3[C@H](O)[C@@H](O)[C@H](O)O[C@@H]3CO)[C@@H]2O)O[C@H](CO)[C@@H](O[C@@H]2O[C@H](CO)[C@H](O)[C@H](O[C@@H]3O[C@H](CO)[C@@H](O[C@@H]4O[C@@H](C)[C@@H](O)[C@@H](O)[C@@H]4O)[C@H](O[C@@H]4O[C@H](CO)[C@H](O)[C@H](O)[C@H]4O[C@@H]4O[C@@H](C)[C@@H](O)[C@@H](O)[C@@H]4O)[C@H]3NC(C)=O)[C@H]2O)[C@@H]1O. The van der Waals surface area contributed by atoms with Gasteiger partial charge in [0.25, 0.3) is 0 Å². The summed E-state index contributed by atoms with van der Waals surface area (Å²) in [5, 5.41) is 245. The first-order chi connectivity index (χ1) is 43.9. The Bertz CT molecular complexity index is 2350. The first-order valence-electron chi connectivity index (χ1n) is 29.9. The molecule has 0 aromatic heterocycles. The topological polar surface area (TPSA) is 642 Å². The number of nitrogens with one attached hydrogen (secondary N) is 2. The molecule has 0 spiro atoms. The Labute approximate surface area is 527 Å².